The molecular formula is C32H58. The van der Waals surface area contributed by atoms with Crippen LogP contribution in [-0.2, 0) is 0 Å². The summed E-state index contributed by atoms with van der Waals surface area (Å²) in [5.41, 5.74) is 1.90. The first-order valence-electron chi connectivity index (χ1n) is 15.1. The molecule has 0 saturated carbocycles. The molecule has 0 heterocycles. The van der Waals surface area contributed by atoms with Gasteiger partial charge in [-0.05, 0) is 61.7 Å². The fraction of sp³-hybridized carbons (Fsp3) is 0.875. The first-order valence-corrected chi connectivity index (χ1v) is 15.1. The van der Waals surface area contributed by atoms with Crippen LogP contribution in [0.25, 0.3) is 0 Å². The number of unbranched alkanes of at least 4 members (excludes halogenated alkanes) is 10. The number of allylic oxidation sites excluding steroid dienone is 4. The van der Waals surface area contributed by atoms with E-state index in [1.165, 1.54) is 122 Å². The van der Waals surface area contributed by atoms with E-state index in [1.807, 2.05) is 5.57 Å². The van der Waals surface area contributed by atoms with Crippen LogP contribution in [0.2, 0.25) is 0 Å². The van der Waals surface area contributed by atoms with Crippen molar-refractivity contribution in [2.24, 2.45) is 29.6 Å². The van der Waals surface area contributed by atoms with Crippen LogP contribution in [0.4, 0.5) is 0 Å². The van der Waals surface area contributed by atoms with Crippen molar-refractivity contribution < 1.29 is 0 Å². The molecule has 0 aromatic carbocycles. The van der Waals surface area contributed by atoms with E-state index in [0.29, 0.717) is 0 Å². The maximum Gasteiger partial charge on any atom is -0.00172 e. The minimum Gasteiger partial charge on any atom is -0.0842 e. The Morgan fingerprint density at radius 3 is 1.75 bits per heavy atom. The van der Waals surface area contributed by atoms with Gasteiger partial charge in [0.1, 0.15) is 0 Å². The van der Waals surface area contributed by atoms with E-state index in [9.17, 15) is 0 Å². The largest absolute Gasteiger partial charge is 0.0842 e. The quantitative estimate of drug-likeness (QED) is 0.146. The Kier molecular flexibility index (Phi) is 14.7. The van der Waals surface area contributed by atoms with Gasteiger partial charge in [0.05, 0.1) is 0 Å². The highest BCUT2D eigenvalue weighted by Gasteiger charge is 2.36. The Hall–Kier alpha value is -0.520. The number of hydrogen-bond donors (Lipinski definition) is 0. The highest BCUT2D eigenvalue weighted by molar-refractivity contribution is 5.27. The number of rotatable bonds is 18. The second kappa shape index (κ2) is 17.0. The van der Waals surface area contributed by atoms with Crippen molar-refractivity contribution in [1.29, 1.82) is 0 Å². The van der Waals surface area contributed by atoms with Gasteiger partial charge in [-0.1, -0.05) is 141 Å². The molecule has 2 aliphatic carbocycles. The van der Waals surface area contributed by atoms with Gasteiger partial charge in [-0.3, -0.25) is 0 Å². The lowest BCUT2D eigenvalue weighted by Crippen LogP contribution is -2.31. The summed E-state index contributed by atoms with van der Waals surface area (Å²) in [6, 6.07) is 0. The third-order valence-electron chi connectivity index (χ3n) is 8.61. The summed E-state index contributed by atoms with van der Waals surface area (Å²) in [5.74, 6) is 4.26. The molecule has 5 atom stereocenters. The van der Waals surface area contributed by atoms with E-state index >= 15 is 0 Å². The maximum absolute atomic E-state index is 2.88. The highest BCUT2D eigenvalue weighted by atomic mass is 14.4. The van der Waals surface area contributed by atoms with Crippen molar-refractivity contribution >= 4 is 0 Å². The van der Waals surface area contributed by atoms with Crippen molar-refractivity contribution in [2.45, 2.75) is 150 Å². The van der Waals surface area contributed by atoms with Crippen molar-refractivity contribution in [2.75, 3.05) is 0 Å². The maximum atomic E-state index is 2.88. The minimum absolute atomic E-state index is 0.770. The Morgan fingerprint density at radius 2 is 1.09 bits per heavy atom. The molecule has 0 aromatic heterocycles. The number of fused-ring (bicyclic) bond motifs is 1. The summed E-state index contributed by atoms with van der Waals surface area (Å²) in [6.07, 6.45) is 35.3. The van der Waals surface area contributed by atoms with Crippen LogP contribution in [0.3, 0.4) is 0 Å². The van der Waals surface area contributed by atoms with Gasteiger partial charge in [0.25, 0.3) is 0 Å². The molecule has 0 nitrogen and oxygen atoms in total. The SMILES string of the molecule is CCCCCCC1C=CC2CC(CCCCC)C(CCCCC)C=C2C1CCCCCC. The lowest BCUT2D eigenvalue weighted by molar-refractivity contribution is 0.241. The van der Waals surface area contributed by atoms with Crippen LogP contribution >= 0.6 is 0 Å². The second-order valence-electron chi connectivity index (χ2n) is 11.3. The van der Waals surface area contributed by atoms with Crippen molar-refractivity contribution in [3.05, 3.63) is 23.8 Å². The van der Waals surface area contributed by atoms with Gasteiger partial charge in [0.15, 0.2) is 0 Å². The van der Waals surface area contributed by atoms with Gasteiger partial charge in [-0.2, -0.15) is 0 Å². The molecule has 186 valence electrons. The standard InChI is InChI=1S/C32H58/c1-5-9-13-17-19-27-23-24-30-25-28(20-15-11-7-3)29(21-16-12-8-4)26-32(30)31(27)22-18-14-10-6-2/h23-24,26-31H,5-22,25H2,1-4H3. The molecule has 0 saturated heterocycles. The zero-order valence-corrected chi connectivity index (χ0v) is 22.6. The van der Waals surface area contributed by atoms with Crippen molar-refractivity contribution in [3.8, 4) is 0 Å². The average Bonchev–Trinajstić information content (AvgIpc) is 2.80. The molecule has 0 fully saturated rings. The molecule has 2 aliphatic rings. The highest BCUT2D eigenvalue weighted by Crippen LogP contribution is 2.48. The summed E-state index contributed by atoms with van der Waals surface area (Å²) in [7, 11) is 0. The molecule has 2 rings (SSSR count). The minimum atomic E-state index is 0.770. The summed E-state index contributed by atoms with van der Waals surface area (Å²) in [6.45, 7) is 9.39. The Bertz CT molecular complexity index is 512. The van der Waals surface area contributed by atoms with Gasteiger partial charge < -0.3 is 0 Å². The molecular weight excluding hydrogens is 384 g/mol. The first-order chi connectivity index (χ1) is 15.7. The average molecular weight is 443 g/mol. The summed E-state index contributed by atoms with van der Waals surface area (Å²) >= 11 is 0. The van der Waals surface area contributed by atoms with Gasteiger partial charge >= 0.3 is 0 Å². The van der Waals surface area contributed by atoms with Crippen LogP contribution in [-0.4, -0.2) is 0 Å². The molecule has 0 heteroatoms. The van der Waals surface area contributed by atoms with Crippen LogP contribution in [0.1, 0.15) is 150 Å². The Balaban J connectivity index is 2.13. The summed E-state index contributed by atoms with van der Waals surface area (Å²) in [4.78, 5) is 0. The molecule has 5 unspecified atom stereocenters. The molecule has 0 radical (unpaired) electrons. The van der Waals surface area contributed by atoms with Crippen LogP contribution in [0.15, 0.2) is 23.8 Å². The van der Waals surface area contributed by atoms with Crippen molar-refractivity contribution in [3.63, 3.8) is 0 Å². The second-order valence-corrected chi connectivity index (χ2v) is 11.3. The van der Waals surface area contributed by atoms with E-state index < -0.39 is 0 Å². The van der Waals surface area contributed by atoms with E-state index in [0.717, 1.165) is 29.6 Å². The van der Waals surface area contributed by atoms with Gasteiger partial charge in [-0.25, -0.2) is 0 Å². The molecule has 0 spiro atoms. The predicted molar refractivity (Wildman–Crippen MR) is 145 cm³/mol. The first kappa shape index (κ1) is 27.7. The molecule has 32 heavy (non-hydrogen) atoms. The topological polar surface area (TPSA) is 0 Å². The molecule has 0 aliphatic heterocycles. The third-order valence-corrected chi connectivity index (χ3v) is 8.61. The third kappa shape index (κ3) is 9.38. The lowest BCUT2D eigenvalue weighted by Gasteiger charge is -2.42. The van der Waals surface area contributed by atoms with E-state index in [4.69, 9.17) is 0 Å². The fourth-order valence-electron chi connectivity index (χ4n) is 6.60. The van der Waals surface area contributed by atoms with E-state index in [-0.39, 0.29) is 0 Å². The van der Waals surface area contributed by atoms with Crippen LogP contribution in [0.5, 0.6) is 0 Å². The van der Waals surface area contributed by atoms with Crippen LogP contribution in [0, 0.1) is 29.6 Å². The molecule has 0 bridgehead atoms. The zero-order valence-electron chi connectivity index (χ0n) is 22.6. The summed E-state index contributed by atoms with van der Waals surface area (Å²) in [5, 5.41) is 0. The summed E-state index contributed by atoms with van der Waals surface area (Å²) < 4.78 is 0. The van der Waals surface area contributed by atoms with Crippen LogP contribution < -0.4 is 0 Å². The van der Waals surface area contributed by atoms with Gasteiger partial charge in [0, 0.05) is 0 Å². The number of hydrogen-bond acceptors (Lipinski definition) is 0. The lowest BCUT2D eigenvalue weighted by atomic mass is 9.63. The van der Waals surface area contributed by atoms with E-state index in [2.05, 4.69) is 45.9 Å². The van der Waals surface area contributed by atoms with Gasteiger partial charge in [0.2, 0.25) is 0 Å². The Labute approximate surface area is 203 Å². The van der Waals surface area contributed by atoms with E-state index in [1.54, 1.807) is 0 Å². The monoisotopic (exact) mass is 442 g/mol. The molecule has 0 aromatic rings. The predicted octanol–water partition coefficient (Wildman–Crippen LogP) is 11.1. The smallest absolute Gasteiger partial charge is 0.00172 e. The van der Waals surface area contributed by atoms with Gasteiger partial charge in [-0.15, -0.1) is 0 Å². The van der Waals surface area contributed by atoms with Crippen molar-refractivity contribution in [1.82, 2.24) is 0 Å². The zero-order chi connectivity index (χ0) is 23.0. The molecule has 0 amide bonds. The fourth-order valence-corrected chi connectivity index (χ4v) is 6.60. The Morgan fingerprint density at radius 1 is 0.562 bits per heavy atom. The molecule has 0 N–H and O–H groups in total. The normalized spacial score (nSPS) is 27.4.